The highest BCUT2D eigenvalue weighted by Crippen LogP contribution is 2.05. The highest BCUT2D eigenvalue weighted by Gasteiger charge is 1.95. The molecule has 0 aromatic heterocycles. The van der Waals surface area contributed by atoms with Crippen molar-refractivity contribution < 1.29 is 0 Å². The van der Waals surface area contributed by atoms with Crippen LogP contribution in [0.1, 0.15) is 5.56 Å². The fourth-order valence-electron chi connectivity index (χ4n) is 0.886. The molecule has 0 amide bonds. The summed E-state index contributed by atoms with van der Waals surface area (Å²) in [6, 6.07) is 10.3. The van der Waals surface area contributed by atoms with Crippen LogP contribution in [0, 0.1) is 6.92 Å². The molecule has 1 atom stereocenters. The lowest BCUT2D eigenvalue weighted by Crippen LogP contribution is -1.96. The third kappa shape index (κ3) is 2.44. The first-order valence-electron chi connectivity index (χ1n) is 3.34. The number of benzene rings is 1. The van der Waals surface area contributed by atoms with E-state index in [2.05, 4.69) is 31.7 Å². The molecule has 1 rings (SSSR count). The lowest BCUT2D eigenvalue weighted by Gasteiger charge is -2.01. The van der Waals surface area contributed by atoms with Crippen molar-refractivity contribution in [2.24, 2.45) is 0 Å². The van der Waals surface area contributed by atoms with E-state index in [0.717, 1.165) is 6.42 Å². The van der Waals surface area contributed by atoms with Gasteiger partial charge in [0, 0.05) is 5.25 Å². The zero-order valence-electron chi connectivity index (χ0n) is 5.83. The third-order valence-electron chi connectivity index (χ3n) is 1.31. The maximum absolute atomic E-state index is 4.20. The van der Waals surface area contributed by atoms with E-state index in [0.29, 0.717) is 0 Å². The van der Waals surface area contributed by atoms with Gasteiger partial charge in [-0.05, 0) is 18.9 Å². The predicted molar refractivity (Wildman–Crippen MR) is 48.3 cm³/mol. The van der Waals surface area contributed by atoms with Crippen LogP contribution in [0.15, 0.2) is 30.3 Å². The van der Waals surface area contributed by atoms with Gasteiger partial charge in [0.25, 0.3) is 0 Å². The molecule has 1 radical (unpaired) electrons. The minimum Gasteiger partial charge on any atom is -0.176 e. The first-order valence-corrected chi connectivity index (χ1v) is 3.86. The number of thiol groups is 1. The summed E-state index contributed by atoms with van der Waals surface area (Å²) >= 11 is 4.20. The molecule has 1 heteroatoms. The SMILES string of the molecule is [CH2]C(S)Cc1ccccc1. The smallest absolute Gasteiger partial charge is 0.00576 e. The van der Waals surface area contributed by atoms with Gasteiger partial charge in [-0.2, -0.15) is 12.6 Å². The van der Waals surface area contributed by atoms with E-state index in [1.807, 2.05) is 18.2 Å². The minimum atomic E-state index is 0.211. The van der Waals surface area contributed by atoms with Gasteiger partial charge >= 0.3 is 0 Å². The first kappa shape index (κ1) is 7.67. The Hall–Kier alpha value is -0.430. The van der Waals surface area contributed by atoms with E-state index in [1.165, 1.54) is 5.56 Å². The van der Waals surface area contributed by atoms with Crippen molar-refractivity contribution >= 4 is 12.6 Å². The van der Waals surface area contributed by atoms with Crippen LogP contribution in [0.2, 0.25) is 0 Å². The molecule has 53 valence electrons. The quantitative estimate of drug-likeness (QED) is 0.616. The van der Waals surface area contributed by atoms with Crippen molar-refractivity contribution in [2.75, 3.05) is 0 Å². The summed E-state index contributed by atoms with van der Waals surface area (Å²) in [4.78, 5) is 0. The van der Waals surface area contributed by atoms with E-state index >= 15 is 0 Å². The lowest BCUT2D eigenvalue weighted by atomic mass is 10.1. The topological polar surface area (TPSA) is 0 Å². The van der Waals surface area contributed by atoms with Crippen LogP contribution in [0.5, 0.6) is 0 Å². The molecule has 0 aliphatic carbocycles. The van der Waals surface area contributed by atoms with Crippen molar-refractivity contribution in [3.8, 4) is 0 Å². The van der Waals surface area contributed by atoms with Gasteiger partial charge in [0.05, 0.1) is 0 Å². The molecule has 0 fully saturated rings. The molecule has 0 aliphatic rings. The molecule has 0 aliphatic heterocycles. The summed E-state index contributed by atoms with van der Waals surface area (Å²) in [5, 5.41) is 0.211. The van der Waals surface area contributed by atoms with E-state index in [1.54, 1.807) is 0 Å². The van der Waals surface area contributed by atoms with Gasteiger partial charge in [0.1, 0.15) is 0 Å². The maximum Gasteiger partial charge on any atom is 0.00576 e. The standard InChI is InChI=1S/C9H11S/c1-8(10)7-9-5-3-2-4-6-9/h2-6,8,10H,1,7H2. The Morgan fingerprint density at radius 2 is 1.90 bits per heavy atom. The number of rotatable bonds is 2. The van der Waals surface area contributed by atoms with Crippen LogP contribution < -0.4 is 0 Å². The zero-order valence-corrected chi connectivity index (χ0v) is 6.72. The van der Waals surface area contributed by atoms with E-state index in [-0.39, 0.29) is 5.25 Å². The van der Waals surface area contributed by atoms with Crippen LogP contribution >= 0.6 is 12.6 Å². The summed E-state index contributed by atoms with van der Waals surface area (Å²) in [6.45, 7) is 3.80. The Morgan fingerprint density at radius 3 is 2.40 bits per heavy atom. The Bertz CT molecular complexity index is 179. The normalized spacial score (nSPS) is 13.0. The minimum absolute atomic E-state index is 0.211. The summed E-state index contributed by atoms with van der Waals surface area (Å²) in [5.74, 6) is 0. The van der Waals surface area contributed by atoms with E-state index in [4.69, 9.17) is 0 Å². The highest BCUT2D eigenvalue weighted by atomic mass is 32.1. The van der Waals surface area contributed by atoms with Gasteiger partial charge in [-0.3, -0.25) is 0 Å². The van der Waals surface area contributed by atoms with Gasteiger partial charge in [-0.1, -0.05) is 30.3 Å². The van der Waals surface area contributed by atoms with Crippen molar-refractivity contribution in [2.45, 2.75) is 11.7 Å². The van der Waals surface area contributed by atoms with Crippen LogP contribution in [-0.4, -0.2) is 5.25 Å². The second-order valence-electron chi connectivity index (χ2n) is 2.34. The molecular weight excluding hydrogens is 140 g/mol. The largest absolute Gasteiger partial charge is 0.176 e. The molecule has 1 aromatic carbocycles. The Kier molecular flexibility index (Phi) is 2.82. The monoisotopic (exact) mass is 151 g/mol. The van der Waals surface area contributed by atoms with Crippen molar-refractivity contribution in [3.05, 3.63) is 42.8 Å². The van der Waals surface area contributed by atoms with Gasteiger partial charge in [0.15, 0.2) is 0 Å². The number of hydrogen-bond acceptors (Lipinski definition) is 1. The summed E-state index contributed by atoms with van der Waals surface area (Å²) in [5.41, 5.74) is 1.30. The van der Waals surface area contributed by atoms with E-state index < -0.39 is 0 Å². The van der Waals surface area contributed by atoms with Crippen molar-refractivity contribution in [1.29, 1.82) is 0 Å². The average molecular weight is 151 g/mol. The molecule has 0 nitrogen and oxygen atoms in total. The van der Waals surface area contributed by atoms with Gasteiger partial charge in [-0.25, -0.2) is 0 Å². The molecule has 0 saturated carbocycles. The molecule has 0 saturated heterocycles. The zero-order chi connectivity index (χ0) is 7.40. The Morgan fingerprint density at radius 1 is 1.30 bits per heavy atom. The maximum atomic E-state index is 4.20. The highest BCUT2D eigenvalue weighted by molar-refractivity contribution is 7.81. The summed E-state index contributed by atoms with van der Waals surface area (Å²) in [6.07, 6.45) is 0.948. The third-order valence-corrected chi connectivity index (χ3v) is 1.50. The summed E-state index contributed by atoms with van der Waals surface area (Å²) in [7, 11) is 0. The van der Waals surface area contributed by atoms with Crippen molar-refractivity contribution in [1.82, 2.24) is 0 Å². The number of hydrogen-bond donors (Lipinski definition) is 1. The molecule has 0 bridgehead atoms. The molecule has 10 heavy (non-hydrogen) atoms. The summed E-state index contributed by atoms with van der Waals surface area (Å²) < 4.78 is 0. The first-order chi connectivity index (χ1) is 4.79. The van der Waals surface area contributed by atoms with Gasteiger partial charge < -0.3 is 0 Å². The molecule has 1 unspecified atom stereocenters. The van der Waals surface area contributed by atoms with E-state index in [9.17, 15) is 0 Å². The molecule has 0 heterocycles. The molecule has 1 aromatic rings. The van der Waals surface area contributed by atoms with Crippen LogP contribution in [0.4, 0.5) is 0 Å². The Labute approximate surface area is 67.7 Å². The lowest BCUT2D eigenvalue weighted by molar-refractivity contribution is 1.03. The van der Waals surface area contributed by atoms with Crippen LogP contribution in [0.25, 0.3) is 0 Å². The molecule has 0 N–H and O–H groups in total. The van der Waals surface area contributed by atoms with Crippen LogP contribution in [-0.2, 0) is 6.42 Å². The second-order valence-corrected chi connectivity index (χ2v) is 3.07. The van der Waals surface area contributed by atoms with Gasteiger partial charge in [0.2, 0.25) is 0 Å². The van der Waals surface area contributed by atoms with Crippen LogP contribution in [0.3, 0.4) is 0 Å². The Balaban J connectivity index is 2.59. The predicted octanol–water partition coefficient (Wildman–Crippen LogP) is 2.36. The molecule has 0 spiro atoms. The fourth-order valence-corrected chi connectivity index (χ4v) is 1.10. The molecular formula is C9H11S. The average Bonchev–Trinajstić information content (AvgIpc) is 1.88. The fraction of sp³-hybridized carbons (Fsp3) is 0.222. The van der Waals surface area contributed by atoms with Crippen molar-refractivity contribution in [3.63, 3.8) is 0 Å². The van der Waals surface area contributed by atoms with Gasteiger partial charge in [-0.15, -0.1) is 0 Å². The second kappa shape index (κ2) is 3.67.